The summed E-state index contributed by atoms with van der Waals surface area (Å²) in [7, 11) is 0.903. The summed E-state index contributed by atoms with van der Waals surface area (Å²) < 4.78 is 60.3. The summed E-state index contributed by atoms with van der Waals surface area (Å²) in [4.78, 5) is 5.76. The van der Waals surface area contributed by atoms with Gasteiger partial charge in [0.05, 0.1) is 23.0 Å². The summed E-state index contributed by atoms with van der Waals surface area (Å²) in [6, 6.07) is 10.3. The van der Waals surface area contributed by atoms with Gasteiger partial charge in [0, 0.05) is 36.9 Å². The molecule has 1 saturated heterocycles. The van der Waals surface area contributed by atoms with Crippen LogP contribution in [0.15, 0.2) is 48.2 Å². The van der Waals surface area contributed by atoms with Crippen LogP contribution in [0.25, 0.3) is 5.70 Å². The second-order valence-corrected chi connectivity index (χ2v) is 12.3. The minimum Gasteiger partial charge on any atom is -0.399 e. The van der Waals surface area contributed by atoms with Crippen molar-refractivity contribution in [3.8, 4) is 0 Å². The van der Waals surface area contributed by atoms with E-state index < -0.39 is 42.6 Å². The van der Waals surface area contributed by atoms with Gasteiger partial charge in [0.1, 0.15) is 6.54 Å². The molecule has 3 rings (SSSR count). The van der Waals surface area contributed by atoms with Gasteiger partial charge < -0.3 is 24.1 Å². The fourth-order valence-corrected chi connectivity index (χ4v) is 4.79. The number of aliphatic hydroxyl groups excluding tert-OH is 1. The molecule has 2 heterocycles. The number of alkyl halides is 3. The van der Waals surface area contributed by atoms with Crippen molar-refractivity contribution in [2.45, 2.75) is 85.3 Å². The van der Waals surface area contributed by atoms with E-state index in [0.717, 1.165) is 0 Å². The van der Waals surface area contributed by atoms with Crippen molar-refractivity contribution in [2.24, 2.45) is 5.41 Å². The second-order valence-electron chi connectivity index (χ2n) is 12.3. The molecule has 1 atom stereocenters. The molecule has 1 fully saturated rings. The van der Waals surface area contributed by atoms with E-state index in [9.17, 15) is 18.3 Å². The number of methoxy groups -OCH3 is 1. The normalized spacial score (nSPS) is 18.5. The van der Waals surface area contributed by atoms with E-state index in [1.165, 1.54) is 12.0 Å². The Morgan fingerprint density at radius 3 is 2.15 bits per heavy atom. The van der Waals surface area contributed by atoms with Crippen LogP contribution in [0, 0.1) is 5.41 Å². The Balaban J connectivity index is 2.18. The summed E-state index contributed by atoms with van der Waals surface area (Å²) in [5, 5.41) is 9.95. The average Bonchev–Trinajstić information content (AvgIpc) is 3.09. The molecule has 10 heteroatoms. The highest BCUT2D eigenvalue weighted by Crippen LogP contribution is 2.39. The zero-order valence-electron chi connectivity index (χ0n) is 25.0. The van der Waals surface area contributed by atoms with E-state index in [2.05, 4.69) is 4.98 Å². The lowest BCUT2D eigenvalue weighted by atomic mass is 9.79. The topological polar surface area (TPSA) is 64.1 Å². The predicted octanol–water partition coefficient (Wildman–Crippen LogP) is 6.30. The molecule has 0 radical (unpaired) electrons. The number of ether oxygens (including phenoxy) is 1. The van der Waals surface area contributed by atoms with Gasteiger partial charge in [-0.25, -0.2) is 0 Å². The summed E-state index contributed by atoms with van der Waals surface area (Å²) in [5.74, 6) is 0. The van der Waals surface area contributed by atoms with Crippen LogP contribution in [0.1, 0.15) is 79.2 Å². The van der Waals surface area contributed by atoms with Crippen LogP contribution in [0.2, 0.25) is 0 Å². The first-order valence-corrected chi connectivity index (χ1v) is 13.5. The Bertz CT molecular complexity index is 1180. The molecule has 1 aliphatic rings. The third-order valence-electron chi connectivity index (χ3n) is 7.75. The van der Waals surface area contributed by atoms with Crippen LogP contribution in [-0.2, 0) is 14.0 Å². The van der Waals surface area contributed by atoms with E-state index in [1.807, 2.05) is 55.4 Å². The van der Waals surface area contributed by atoms with Crippen LogP contribution in [-0.4, -0.2) is 54.8 Å². The van der Waals surface area contributed by atoms with E-state index in [0.29, 0.717) is 40.1 Å². The molecule has 1 aromatic carbocycles. The summed E-state index contributed by atoms with van der Waals surface area (Å²) in [5.41, 5.74) is 1.59. The molecule has 1 aliphatic heterocycles. The molecule has 0 amide bonds. The van der Waals surface area contributed by atoms with Gasteiger partial charge in [-0.05, 0) is 88.7 Å². The molecule has 6 nitrogen and oxygen atoms in total. The van der Waals surface area contributed by atoms with E-state index in [-0.39, 0.29) is 6.61 Å². The molecule has 0 aliphatic carbocycles. The molecule has 0 spiro atoms. The minimum absolute atomic E-state index is 0.117. The van der Waals surface area contributed by atoms with Gasteiger partial charge >= 0.3 is 13.3 Å². The number of aromatic nitrogens is 1. The lowest BCUT2D eigenvalue weighted by molar-refractivity contribution is -0.118. The molecule has 220 valence electrons. The molecule has 0 saturated carbocycles. The average molecular weight is 562 g/mol. The van der Waals surface area contributed by atoms with Crippen molar-refractivity contribution >= 4 is 24.0 Å². The maximum absolute atomic E-state index is 14.2. The number of hydrogen-bond acceptors (Lipinski definition) is 6. The molecule has 40 heavy (non-hydrogen) atoms. The van der Waals surface area contributed by atoms with Gasteiger partial charge in [-0.15, -0.1) is 0 Å². The molecule has 1 unspecified atom stereocenters. The number of benzene rings is 1. The first-order valence-electron chi connectivity index (χ1n) is 13.5. The van der Waals surface area contributed by atoms with Crippen molar-refractivity contribution in [1.82, 2.24) is 4.98 Å². The zero-order valence-corrected chi connectivity index (χ0v) is 25.0. The number of halogens is 3. The highest BCUT2D eigenvalue weighted by molar-refractivity contribution is 6.62. The molecule has 0 bridgehead atoms. The van der Waals surface area contributed by atoms with Gasteiger partial charge in [0.25, 0.3) is 0 Å². The highest BCUT2D eigenvalue weighted by atomic mass is 19.4. The van der Waals surface area contributed by atoms with Gasteiger partial charge in [-0.1, -0.05) is 26.0 Å². The third-order valence-corrected chi connectivity index (χ3v) is 7.75. The lowest BCUT2D eigenvalue weighted by Gasteiger charge is -2.33. The van der Waals surface area contributed by atoms with Crippen LogP contribution in [0.4, 0.5) is 18.9 Å². The Labute approximate surface area is 236 Å². The summed E-state index contributed by atoms with van der Waals surface area (Å²) >= 11 is 0. The van der Waals surface area contributed by atoms with Gasteiger partial charge in [-0.3, -0.25) is 4.98 Å². The Kier molecular flexibility index (Phi) is 9.51. The van der Waals surface area contributed by atoms with Crippen LogP contribution in [0.3, 0.4) is 0 Å². The SMILES string of the molecule is COC(C)c1ncccc1/C(=C(/C)CC(C)(C)CO)N(CC(F)(F)F)c1ccc(B2OC(C)(C)C(C)(C)O2)cc1. The minimum atomic E-state index is -4.50. The summed E-state index contributed by atoms with van der Waals surface area (Å²) in [6.07, 6.45) is -2.98. The van der Waals surface area contributed by atoms with Crippen molar-refractivity contribution < 1.29 is 32.3 Å². The Hall–Kier alpha value is -2.40. The monoisotopic (exact) mass is 562 g/mol. The van der Waals surface area contributed by atoms with Crippen molar-refractivity contribution in [1.29, 1.82) is 0 Å². The Morgan fingerprint density at radius 1 is 1.07 bits per heavy atom. The van der Waals surface area contributed by atoms with Crippen LogP contribution < -0.4 is 10.4 Å². The highest BCUT2D eigenvalue weighted by Gasteiger charge is 2.51. The maximum Gasteiger partial charge on any atom is 0.494 e. The number of nitrogens with zero attached hydrogens (tertiary/aromatic N) is 2. The standard InChI is InChI=1S/C30H42BF3N2O4/c1-20(17-27(3,4)19-37)26(24-11-10-16-35-25(24)21(2)38-9)36(18-30(32,33)34)23-14-12-22(13-15-23)31-39-28(5,6)29(7,8)40-31/h10-16,21,37H,17-19H2,1-9H3/b26-20+. The van der Waals surface area contributed by atoms with Gasteiger partial charge in [0.15, 0.2) is 0 Å². The smallest absolute Gasteiger partial charge is 0.399 e. The number of rotatable bonds is 10. The molecular formula is C30H42BF3N2O4. The number of hydrogen-bond donors (Lipinski definition) is 1. The quantitative estimate of drug-likeness (QED) is 0.343. The molecule has 1 aromatic heterocycles. The van der Waals surface area contributed by atoms with E-state index in [1.54, 1.807) is 42.6 Å². The first-order chi connectivity index (χ1) is 18.4. The van der Waals surface area contributed by atoms with Crippen LogP contribution in [0.5, 0.6) is 0 Å². The number of anilines is 1. The third kappa shape index (κ3) is 7.27. The number of allylic oxidation sites excluding steroid dienone is 1. The number of aliphatic hydroxyl groups is 1. The fraction of sp³-hybridized carbons (Fsp3) is 0.567. The fourth-order valence-electron chi connectivity index (χ4n) is 4.79. The Morgan fingerprint density at radius 2 is 1.65 bits per heavy atom. The predicted molar refractivity (Wildman–Crippen MR) is 153 cm³/mol. The zero-order chi connectivity index (χ0) is 30.1. The molecule has 1 N–H and O–H groups in total. The van der Waals surface area contributed by atoms with E-state index >= 15 is 0 Å². The van der Waals surface area contributed by atoms with Gasteiger partial charge in [-0.2, -0.15) is 13.2 Å². The first kappa shape index (κ1) is 32.1. The number of pyridine rings is 1. The van der Waals surface area contributed by atoms with Crippen molar-refractivity contribution in [3.63, 3.8) is 0 Å². The molecular weight excluding hydrogens is 520 g/mol. The second kappa shape index (κ2) is 11.8. The lowest BCUT2D eigenvalue weighted by Crippen LogP contribution is -2.41. The van der Waals surface area contributed by atoms with Crippen molar-refractivity contribution in [3.05, 3.63) is 59.4 Å². The van der Waals surface area contributed by atoms with Crippen LogP contribution >= 0.6 is 0 Å². The van der Waals surface area contributed by atoms with E-state index in [4.69, 9.17) is 14.0 Å². The van der Waals surface area contributed by atoms with Crippen molar-refractivity contribution in [2.75, 3.05) is 25.2 Å². The van der Waals surface area contributed by atoms with Gasteiger partial charge in [0.2, 0.25) is 0 Å². The maximum atomic E-state index is 14.2. The molecule has 2 aromatic rings. The largest absolute Gasteiger partial charge is 0.494 e. The summed E-state index contributed by atoms with van der Waals surface area (Å²) in [6.45, 7) is 13.8.